The van der Waals surface area contributed by atoms with Crippen molar-refractivity contribution >= 4 is 10.0 Å². The van der Waals surface area contributed by atoms with Gasteiger partial charge in [0.05, 0.1) is 18.2 Å². The summed E-state index contributed by atoms with van der Waals surface area (Å²) in [6.45, 7) is 8.20. The summed E-state index contributed by atoms with van der Waals surface area (Å²) in [7, 11) is -3.61. The lowest BCUT2D eigenvalue weighted by Gasteiger charge is -2.31. The molecule has 0 spiro atoms. The van der Waals surface area contributed by atoms with Crippen molar-refractivity contribution in [1.82, 2.24) is 24.5 Å². The van der Waals surface area contributed by atoms with Gasteiger partial charge in [-0.3, -0.25) is 5.10 Å². The fourth-order valence-electron chi connectivity index (χ4n) is 1.95. The standard InChI is InChI=1S/C13H21N5O2S/c1-10-11(7-15-16-10)21(19,20)17-12(13(2,3)4)8-18-6-5-14-9-18/h5-7,9,12,17H,8H2,1-4H3,(H,15,16). The average molecular weight is 311 g/mol. The molecule has 116 valence electrons. The zero-order valence-corrected chi connectivity index (χ0v) is 13.5. The summed E-state index contributed by atoms with van der Waals surface area (Å²) in [5.41, 5.74) is 0.285. The fourth-order valence-corrected chi connectivity index (χ4v) is 3.52. The van der Waals surface area contributed by atoms with E-state index in [2.05, 4.69) is 19.9 Å². The predicted octanol–water partition coefficient (Wildman–Crippen LogP) is 1.31. The molecule has 0 amide bonds. The molecule has 2 rings (SSSR count). The summed E-state index contributed by atoms with van der Waals surface area (Å²) >= 11 is 0. The van der Waals surface area contributed by atoms with Crippen molar-refractivity contribution in [2.24, 2.45) is 5.41 Å². The Balaban J connectivity index is 2.25. The molecule has 2 heterocycles. The van der Waals surface area contributed by atoms with Gasteiger partial charge in [0, 0.05) is 25.0 Å². The first-order valence-corrected chi connectivity index (χ1v) is 8.16. The average Bonchev–Trinajstić information content (AvgIpc) is 2.98. The van der Waals surface area contributed by atoms with E-state index in [4.69, 9.17) is 0 Å². The minimum absolute atomic E-state index is 0.183. The first-order valence-electron chi connectivity index (χ1n) is 6.68. The van der Waals surface area contributed by atoms with Crippen molar-refractivity contribution in [3.63, 3.8) is 0 Å². The molecule has 1 unspecified atom stereocenters. The summed E-state index contributed by atoms with van der Waals surface area (Å²) in [5.74, 6) is 0. The van der Waals surface area contributed by atoms with E-state index in [-0.39, 0.29) is 16.4 Å². The monoisotopic (exact) mass is 311 g/mol. The lowest BCUT2D eigenvalue weighted by atomic mass is 9.87. The van der Waals surface area contributed by atoms with Crippen molar-refractivity contribution in [2.75, 3.05) is 0 Å². The van der Waals surface area contributed by atoms with Gasteiger partial charge in [-0.05, 0) is 12.3 Å². The molecule has 0 radical (unpaired) electrons. The Hall–Kier alpha value is -1.67. The highest BCUT2D eigenvalue weighted by atomic mass is 32.2. The molecular formula is C13H21N5O2S. The third-order valence-electron chi connectivity index (χ3n) is 3.37. The van der Waals surface area contributed by atoms with Crippen LogP contribution in [0.1, 0.15) is 26.5 Å². The van der Waals surface area contributed by atoms with Gasteiger partial charge in [0.1, 0.15) is 4.90 Å². The molecule has 8 heteroatoms. The smallest absolute Gasteiger partial charge is 0.244 e. The molecular weight excluding hydrogens is 290 g/mol. The zero-order valence-electron chi connectivity index (χ0n) is 12.7. The number of aryl methyl sites for hydroxylation is 1. The Labute approximate surface area is 124 Å². The molecule has 0 saturated heterocycles. The molecule has 2 aromatic heterocycles. The van der Waals surface area contributed by atoms with Crippen LogP contribution >= 0.6 is 0 Å². The molecule has 0 aromatic carbocycles. The highest BCUT2D eigenvalue weighted by Crippen LogP contribution is 2.23. The molecule has 2 aromatic rings. The molecule has 0 aliphatic heterocycles. The minimum Gasteiger partial charge on any atom is -0.336 e. The van der Waals surface area contributed by atoms with E-state index in [1.165, 1.54) is 6.20 Å². The predicted molar refractivity (Wildman–Crippen MR) is 79.1 cm³/mol. The number of H-pyrrole nitrogens is 1. The quantitative estimate of drug-likeness (QED) is 0.870. The van der Waals surface area contributed by atoms with Gasteiger partial charge in [-0.2, -0.15) is 5.10 Å². The van der Waals surface area contributed by atoms with Crippen LogP contribution in [0.2, 0.25) is 0 Å². The van der Waals surface area contributed by atoms with Crippen LogP contribution in [0.5, 0.6) is 0 Å². The van der Waals surface area contributed by atoms with Crippen LogP contribution in [-0.2, 0) is 16.6 Å². The van der Waals surface area contributed by atoms with E-state index in [0.717, 1.165) is 0 Å². The van der Waals surface area contributed by atoms with Crippen molar-refractivity contribution < 1.29 is 8.42 Å². The van der Waals surface area contributed by atoms with Gasteiger partial charge in [0.15, 0.2) is 0 Å². The Morgan fingerprint density at radius 1 is 1.43 bits per heavy atom. The molecule has 0 bridgehead atoms. The SMILES string of the molecule is Cc1[nH]ncc1S(=O)(=O)NC(Cn1ccnc1)C(C)(C)C. The van der Waals surface area contributed by atoms with E-state index in [1.54, 1.807) is 19.4 Å². The largest absolute Gasteiger partial charge is 0.336 e. The molecule has 2 N–H and O–H groups in total. The topological polar surface area (TPSA) is 92.7 Å². The lowest BCUT2D eigenvalue weighted by Crippen LogP contribution is -2.46. The van der Waals surface area contributed by atoms with Crippen LogP contribution in [-0.4, -0.2) is 34.2 Å². The molecule has 0 aliphatic carbocycles. The number of hydrogen-bond donors (Lipinski definition) is 2. The minimum atomic E-state index is -3.61. The van der Waals surface area contributed by atoms with Gasteiger partial charge in [0.25, 0.3) is 0 Å². The van der Waals surface area contributed by atoms with Gasteiger partial charge in [-0.15, -0.1) is 0 Å². The van der Waals surface area contributed by atoms with Gasteiger partial charge < -0.3 is 4.57 Å². The maximum Gasteiger partial charge on any atom is 0.244 e. The van der Waals surface area contributed by atoms with Crippen LogP contribution in [0.4, 0.5) is 0 Å². The Bertz CT molecular complexity index is 682. The van der Waals surface area contributed by atoms with E-state index in [9.17, 15) is 8.42 Å². The van der Waals surface area contributed by atoms with Crippen molar-refractivity contribution in [1.29, 1.82) is 0 Å². The van der Waals surface area contributed by atoms with Gasteiger partial charge in [-0.1, -0.05) is 20.8 Å². The van der Waals surface area contributed by atoms with Crippen LogP contribution in [0, 0.1) is 12.3 Å². The van der Waals surface area contributed by atoms with Crippen LogP contribution in [0.3, 0.4) is 0 Å². The van der Waals surface area contributed by atoms with Crippen molar-refractivity contribution in [2.45, 2.75) is 45.2 Å². The second kappa shape index (κ2) is 5.61. The number of rotatable bonds is 5. The molecule has 1 atom stereocenters. The molecule has 7 nitrogen and oxygen atoms in total. The number of sulfonamides is 1. The maximum absolute atomic E-state index is 12.5. The number of nitrogens with zero attached hydrogens (tertiary/aromatic N) is 3. The van der Waals surface area contributed by atoms with Gasteiger partial charge in [-0.25, -0.2) is 18.1 Å². The number of nitrogens with one attached hydrogen (secondary N) is 2. The summed E-state index contributed by atoms with van der Waals surface area (Å²) in [5, 5.41) is 6.42. The van der Waals surface area contributed by atoms with E-state index in [0.29, 0.717) is 12.2 Å². The molecule has 0 aliphatic rings. The van der Waals surface area contributed by atoms with E-state index in [1.807, 2.05) is 31.5 Å². The molecule has 0 fully saturated rings. The van der Waals surface area contributed by atoms with Crippen LogP contribution < -0.4 is 4.72 Å². The lowest BCUT2D eigenvalue weighted by molar-refractivity contribution is 0.270. The Morgan fingerprint density at radius 2 is 2.14 bits per heavy atom. The van der Waals surface area contributed by atoms with E-state index >= 15 is 0 Å². The second-order valence-electron chi connectivity index (χ2n) is 6.16. The van der Waals surface area contributed by atoms with Crippen LogP contribution in [0.15, 0.2) is 29.8 Å². The number of aromatic nitrogens is 4. The third-order valence-corrected chi connectivity index (χ3v) is 4.95. The van der Waals surface area contributed by atoms with Crippen molar-refractivity contribution in [3.8, 4) is 0 Å². The summed E-state index contributed by atoms with van der Waals surface area (Å²) < 4.78 is 29.6. The second-order valence-corrected chi connectivity index (χ2v) is 7.84. The first-order chi connectivity index (χ1) is 9.70. The number of imidazole rings is 1. The normalized spacial score (nSPS) is 14.3. The van der Waals surface area contributed by atoms with Crippen LogP contribution in [0.25, 0.3) is 0 Å². The zero-order chi connectivity index (χ0) is 15.7. The van der Waals surface area contributed by atoms with Gasteiger partial charge in [0.2, 0.25) is 10.0 Å². The van der Waals surface area contributed by atoms with Gasteiger partial charge >= 0.3 is 0 Å². The summed E-state index contributed by atoms with van der Waals surface area (Å²) in [6.07, 6.45) is 6.50. The summed E-state index contributed by atoms with van der Waals surface area (Å²) in [4.78, 5) is 4.17. The molecule has 21 heavy (non-hydrogen) atoms. The highest BCUT2D eigenvalue weighted by molar-refractivity contribution is 7.89. The number of hydrogen-bond acceptors (Lipinski definition) is 4. The molecule has 0 saturated carbocycles. The fraction of sp³-hybridized carbons (Fsp3) is 0.538. The number of aromatic amines is 1. The van der Waals surface area contributed by atoms with Crippen molar-refractivity contribution in [3.05, 3.63) is 30.6 Å². The maximum atomic E-state index is 12.5. The first kappa shape index (κ1) is 15.7. The Kier molecular flexibility index (Phi) is 4.20. The third kappa shape index (κ3) is 3.70. The summed E-state index contributed by atoms with van der Waals surface area (Å²) in [6, 6.07) is -0.272. The Morgan fingerprint density at radius 3 is 2.62 bits per heavy atom. The van der Waals surface area contributed by atoms with E-state index < -0.39 is 10.0 Å². The highest BCUT2D eigenvalue weighted by Gasteiger charge is 2.31.